The number of carbonyl (C=O) groups excluding carboxylic acids is 2. The van der Waals surface area contributed by atoms with Crippen LogP contribution in [0.3, 0.4) is 0 Å². The maximum Gasteiger partial charge on any atom is 0.516 e. The van der Waals surface area contributed by atoms with Crippen molar-refractivity contribution in [2.75, 3.05) is 57.7 Å². The van der Waals surface area contributed by atoms with E-state index >= 15 is 4.39 Å². The number of carbonyl (C=O) groups is 2. The minimum atomic E-state index is -5.77. The molecule has 0 radical (unpaired) electrons. The fourth-order valence-electron chi connectivity index (χ4n) is 10.7. The second-order valence-electron chi connectivity index (χ2n) is 19.5. The maximum absolute atomic E-state index is 16.0. The van der Waals surface area contributed by atoms with Gasteiger partial charge in [-0.2, -0.15) is 31.2 Å². The van der Waals surface area contributed by atoms with Crippen molar-refractivity contribution in [2.24, 2.45) is 22.7 Å². The zero-order valence-electron chi connectivity index (χ0n) is 39.3. The lowest BCUT2D eigenvalue weighted by Gasteiger charge is -2.63. The van der Waals surface area contributed by atoms with Crippen molar-refractivity contribution in [1.82, 2.24) is 31.1 Å². The minimum Gasteiger partial charge on any atom is -0.489 e. The number of ether oxygens (including phenoxy) is 4. The summed E-state index contributed by atoms with van der Waals surface area (Å²) in [5, 5.41) is 23.0. The van der Waals surface area contributed by atoms with Crippen molar-refractivity contribution < 1.29 is 54.5 Å². The molecule has 4 heterocycles. The Hall–Kier alpha value is -5.21. The van der Waals surface area contributed by atoms with E-state index in [0.29, 0.717) is 48.0 Å². The molecule has 16 nitrogen and oxygen atoms in total. The number of likely N-dealkylation sites (tertiary alicyclic amines) is 1. The zero-order valence-corrected chi connectivity index (χ0v) is 40.9. The Morgan fingerprint density at radius 2 is 1.66 bits per heavy atom. The van der Waals surface area contributed by atoms with E-state index in [4.69, 9.17) is 30.5 Å². The molecule has 3 aromatic carbocycles. The molecule has 2 amide bonds. The Morgan fingerprint density at radius 3 is 2.33 bits per heavy atom. The SMILES string of the molecule is CN1C=C(c2cc(NS(=O)(=O)C(F)(F)F)ccc2Oc2cccc(OCCOC3CCN(C4NCC(C(=O)NC5C(C)(C)C(Oc6ccc(C#N)c(Cl)c6)C5(C)C)CN4)CC3)c2F)C2CCNC2C1=O. The van der Waals surface area contributed by atoms with Gasteiger partial charge in [-0.15, -0.1) is 0 Å². The summed E-state index contributed by atoms with van der Waals surface area (Å²) in [6.07, 6.45) is 3.11. The number of nitrogens with zero attached hydrogens (tertiary/aromatic N) is 3. The van der Waals surface area contributed by atoms with Crippen molar-refractivity contribution in [3.8, 4) is 29.1 Å². The topological polar surface area (TPSA) is 196 Å². The number of nitriles is 1. The molecule has 0 aromatic heterocycles. The van der Waals surface area contributed by atoms with Crippen molar-refractivity contribution in [3.63, 3.8) is 0 Å². The zero-order chi connectivity index (χ0) is 50.3. The molecule has 0 bridgehead atoms. The van der Waals surface area contributed by atoms with E-state index in [0.717, 1.165) is 32.0 Å². The first-order chi connectivity index (χ1) is 33.1. The summed E-state index contributed by atoms with van der Waals surface area (Å²) in [6.45, 7) is 11.4. The quantitative estimate of drug-likeness (QED) is 0.0861. The average Bonchev–Trinajstić information content (AvgIpc) is 3.82. The molecule has 22 heteroatoms. The first-order valence-corrected chi connectivity index (χ1v) is 25.0. The van der Waals surface area contributed by atoms with Crippen molar-refractivity contribution in [2.45, 2.75) is 83.0 Å². The van der Waals surface area contributed by atoms with E-state index in [1.165, 1.54) is 48.5 Å². The van der Waals surface area contributed by atoms with Gasteiger partial charge in [0.25, 0.3) is 0 Å². The summed E-state index contributed by atoms with van der Waals surface area (Å²) in [5.74, 6) is -1.60. The van der Waals surface area contributed by atoms with Crippen LogP contribution in [0.1, 0.15) is 58.1 Å². The third-order valence-electron chi connectivity index (χ3n) is 14.0. The van der Waals surface area contributed by atoms with E-state index in [2.05, 4.69) is 59.9 Å². The van der Waals surface area contributed by atoms with Gasteiger partial charge in [-0.3, -0.25) is 29.8 Å². The van der Waals surface area contributed by atoms with Gasteiger partial charge in [0.2, 0.25) is 17.6 Å². The third-order valence-corrected chi connectivity index (χ3v) is 15.5. The van der Waals surface area contributed by atoms with Crippen LogP contribution < -0.4 is 40.2 Å². The van der Waals surface area contributed by atoms with Crippen LogP contribution in [0.4, 0.5) is 23.2 Å². The third kappa shape index (κ3) is 10.4. The first kappa shape index (κ1) is 51.2. The number of halogens is 5. The number of benzene rings is 3. The van der Waals surface area contributed by atoms with E-state index in [-0.39, 0.29) is 89.1 Å². The molecule has 8 rings (SSSR count). The lowest BCUT2D eigenvalue weighted by atomic mass is 9.49. The number of alkyl halides is 3. The molecule has 378 valence electrons. The predicted molar refractivity (Wildman–Crippen MR) is 252 cm³/mol. The molecule has 2 atom stereocenters. The summed E-state index contributed by atoms with van der Waals surface area (Å²) in [4.78, 5) is 30.1. The summed E-state index contributed by atoms with van der Waals surface area (Å²) in [5.41, 5.74) is -5.71. The van der Waals surface area contributed by atoms with E-state index in [1.54, 1.807) is 22.9 Å². The Morgan fingerprint density at radius 1 is 0.957 bits per heavy atom. The van der Waals surface area contributed by atoms with Crippen molar-refractivity contribution in [1.29, 1.82) is 5.26 Å². The van der Waals surface area contributed by atoms with Crippen LogP contribution in [-0.4, -0.2) is 119 Å². The highest BCUT2D eigenvalue weighted by Gasteiger charge is 2.64. The van der Waals surface area contributed by atoms with Gasteiger partial charge >= 0.3 is 15.5 Å². The van der Waals surface area contributed by atoms with E-state index < -0.39 is 39.0 Å². The van der Waals surface area contributed by atoms with Crippen LogP contribution >= 0.6 is 11.6 Å². The number of amides is 2. The highest BCUT2D eigenvalue weighted by atomic mass is 35.5. The normalized spacial score (nSPS) is 25.8. The summed E-state index contributed by atoms with van der Waals surface area (Å²) in [6, 6.07) is 14.1. The highest BCUT2D eigenvalue weighted by molar-refractivity contribution is 7.93. The van der Waals surface area contributed by atoms with Gasteiger partial charge in [0, 0.05) is 79.5 Å². The van der Waals surface area contributed by atoms with Crippen molar-refractivity contribution >= 4 is 44.7 Å². The monoisotopic (exact) mass is 1020 g/mol. The number of rotatable bonds is 15. The summed E-state index contributed by atoms with van der Waals surface area (Å²) >= 11 is 6.25. The number of anilines is 1. The fourth-order valence-corrected chi connectivity index (χ4v) is 11.5. The van der Waals surface area contributed by atoms with Gasteiger partial charge in [-0.05, 0) is 73.8 Å². The van der Waals surface area contributed by atoms with Gasteiger partial charge in [-0.25, -0.2) is 0 Å². The van der Waals surface area contributed by atoms with Gasteiger partial charge in [0.15, 0.2) is 11.5 Å². The number of fused-ring (bicyclic) bond motifs is 1. The number of piperidine rings is 1. The molecule has 4 fully saturated rings. The highest BCUT2D eigenvalue weighted by Crippen LogP contribution is 2.56. The molecule has 1 saturated carbocycles. The maximum atomic E-state index is 16.0. The van der Waals surface area contributed by atoms with Crippen LogP contribution in [0, 0.1) is 39.8 Å². The molecule has 0 spiro atoms. The van der Waals surface area contributed by atoms with Crippen LogP contribution in [0.5, 0.6) is 23.0 Å². The molecular formula is C48H57ClF4N8O8S. The molecular weight excluding hydrogens is 960 g/mol. The van der Waals surface area contributed by atoms with E-state index in [9.17, 15) is 36.4 Å². The van der Waals surface area contributed by atoms with Gasteiger partial charge < -0.3 is 34.5 Å². The lowest BCUT2D eigenvalue weighted by Crippen LogP contribution is -2.75. The van der Waals surface area contributed by atoms with Crippen LogP contribution in [0.25, 0.3) is 5.57 Å². The second-order valence-corrected chi connectivity index (χ2v) is 21.6. The lowest BCUT2D eigenvalue weighted by molar-refractivity contribution is -0.174. The van der Waals surface area contributed by atoms with E-state index in [1.807, 2.05) is 0 Å². The molecule has 4 aliphatic heterocycles. The second kappa shape index (κ2) is 20.1. The predicted octanol–water partition coefficient (Wildman–Crippen LogP) is 6.15. The van der Waals surface area contributed by atoms with Crippen LogP contribution in [0.15, 0.2) is 60.8 Å². The summed E-state index contributed by atoms with van der Waals surface area (Å²) < 4.78 is 106. The average molecular weight is 1020 g/mol. The number of sulfonamides is 1. The molecule has 70 heavy (non-hydrogen) atoms. The molecule has 5 N–H and O–H groups in total. The number of likely N-dealkylation sites (N-methyl/N-ethyl adjacent to an activating group) is 1. The Labute approximate surface area is 409 Å². The van der Waals surface area contributed by atoms with Crippen molar-refractivity contribution in [3.05, 3.63) is 82.8 Å². The molecule has 3 saturated heterocycles. The Balaban J connectivity index is 0.799. The molecule has 5 aliphatic rings. The standard InChI is InChI=1S/C48H57ClF4N8O8S/c1-46(2)43(47(3,4)44(46)68-31-11-9-27(23-54)35(49)22-31)58-41(62)28-24-56-45(57-25-28)61-17-14-30(15-18-61)66-19-20-67-37-7-6-8-38(39(37)50)69-36-12-10-29(59-70(64,65)48(51,52)53)21-33(36)34-26-60(5)42(63)40-32(34)13-16-55-40/h6-12,21-22,26,28,30,32,40,43-45,55-57,59H,13-20,24-25H2,1-5H3,(H,58,62). The largest absolute Gasteiger partial charge is 0.516 e. The van der Waals surface area contributed by atoms with Gasteiger partial charge in [0.1, 0.15) is 36.6 Å². The van der Waals surface area contributed by atoms with Gasteiger partial charge in [-0.1, -0.05) is 45.4 Å². The Bertz CT molecular complexity index is 2640. The Kier molecular flexibility index (Phi) is 14.7. The first-order valence-electron chi connectivity index (χ1n) is 23.1. The van der Waals surface area contributed by atoms with Crippen LogP contribution in [0.2, 0.25) is 5.02 Å². The smallest absolute Gasteiger partial charge is 0.489 e. The molecule has 2 unspecified atom stereocenters. The van der Waals surface area contributed by atoms with Crippen LogP contribution in [-0.2, 0) is 24.3 Å². The van der Waals surface area contributed by atoms with Gasteiger partial charge in [0.05, 0.1) is 35.3 Å². The number of hydrogen-bond donors (Lipinski definition) is 5. The number of hydrogen-bond acceptors (Lipinski definition) is 13. The number of nitrogens with one attached hydrogen (secondary N) is 5. The molecule has 3 aromatic rings. The summed E-state index contributed by atoms with van der Waals surface area (Å²) in [7, 11) is -4.24. The minimum absolute atomic E-state index is 0.0103. The fraction of sp³-hybridized carbons (Fsp3) is 0.521. The molecule has 1 aliphatic carbocycles.